The minimum atomic E-state index is -0.203. The van der Waals surface area contributed by atoms with Gasteiger partial charge in [-0.3, -0.25) is 9.98 Å². The van der Waals surface area contributed by atoms with E-state index in [1.54, 1.807) is 6.08 Å². The zero-order valence-corrected chi connectivity index (χ0v) is 21.4. The van der Waals surface area contributed by atoms with Crippen LogP contribution in [-0.2, 0) is 0 Å². The van der Waals surface area contributed by atoms with Gasteiger partial charge in [-0.2, -0.15) is 0 Å². The third kappa shape index (κ3) is 5.09. The molecule has 194 valence electrons. The molecule has 2 aliphatic carbocycles. The lowest BCUT2D eigenvalue weighted by atomic mass is 9.90. The van der Waals surface area contributed by atoms with Crippen LogP contribution in [0, 0.1) is 5.92 Å². The Morgan fingerprint density at radius 1 is 1.16 bits per heavy atom. The van der Waals surface area contributed by atoms with Crippen LogP contribution in [0.5, 0.6) is 0 Å². The molecular weight excluding hydrogens is 467 g/mol. The number of allylic oxidation sites excluding steroid dienone is 3. The first kappa shape index (κ1) is 24.0. The van der Waals surface area contributed by atoms with E-state index in [9.17, 15) is 0 Å². The number of halogens is 1. The van der Waals surface area contributed by atoms with Crippen molar-refractivity contribution in [2.24, 2.45) is 16.6 Å². The largest absolute Gasteiger partial charge is 0.380 e. The Kier molecular flexibility index (Phi) is 6.63. The van der Waals surface area contributed by atoms with E-state index in [0.717, 1.165) is 54.2 Å². The highest BCUT2D eigenvalue weighted by atomic mass is 19.1. The van der Waals surface area contributed by atoms with Gasteiger partial charge in [-0.15, -0.1) is 0 Å². The molecule has 9 heteroatoms. The highest BCUT2D eigenvalue weighted by Gasteiger charge is 2.30. The van der Waals surface area contributed by atoms with Crippen LogP contribution in [-0.4, -0.2) is 58.9 Å². The first-order chi connectivity index (χ1) is 18.1. The molecule has 37 heavy (non-hydrogen) atoms. The van der Waals surface area contributed by atoms with Crippen molar-refractivity contribution < 1.29 is 4.39 Å². The molecule has 1 saturated carbocycles. The number of nitrogens with one attached hydrogen (secondary N) is 2. The molecule has 2 aromatic rings. The molecule has 1 fully saturated rings. The fraction of sp³-hybridized carbons (Fsp3) is 0.500. The summed E-state index contributed by atoms with van der Waals surface area (Å²) < 4.78 is 15.1. The highest BCUT2D eigenvalue weighted by molar-refractivity contribution is 5.92. The molecule has 4 aliphatic rings. The predicted octanol–water partition coefficient (Wildman–Crippen LogP) is 4.11. The van der Waals surface area contributed by atoms with Gasteiger partial charge >= 0.3 is 0 Å². The minimum absolute atomic E-state index is 0.0931. The SMILES string of the molecule is CN1C=C(C2C=C(F)C(NC3=NCCC(c4nc(NCCN)c5c(C6CC6)cncc5n4)C3)=CC2)CC1. The van der Waals surface area contributed by atoms with Crippen molar-refractivity contribution in [1.82, 2.24) is 25.2 Å². The number of pyridine rings is 1. The Morgan fingerprint density at radius 2 is 2.05 bits per heavy atom. The molecule has 2 unspecified atom stereocenters. The number of fused-ring (bicyclic) bond motifs is 1. The summed E-state index contributed by atoms with van der Waals surface area (Å²) in [5.74, 6) is 2.97. The summed E-state index contributed by atoms with van der Waals surface area (Å²) in [5, 5.41) is 7.78. The third-order valence-electron chi connectivity index (χ3n) is 7.77. The molecule has 0 saturated heterocycles. The van der Waals surface area contributed by atoms with Crippen molar-refractivity contribution in [1.29, 1.82) is 0 Å². The molecule has 0 spiro atoms. The van der Waals surface area contributed by atoms with Crippen molar-refractivity contribution >= 4 is 22.6 Å². The summed E-state index contributed by atoms with van der Waals surface area (Å²) in [6.45, 7) is 2.83. The van der Waals surface area contributed by atoms with Gasteiger partial charge in [-0.25, -0.2) is 14.4 Å². The summed E-state index contributed by atoms with van der Waals surface area (Å²) in [4.78, 5) is 21.3. The van der Waals surface area contributed by atoms with Crippen molar-refractivity contribution in [2.75, 3.05) is 38.5 Å². The Labute approximate surface area is 217 Å². The maximum absolute atomic E-state index is 15.1. The van der Waals surface area contributed by atoms with Crippen molar-refractivity contribution in [3.05, 3.63) is 59.2 Å². The second kappa shape index (κ2) is 10.2. The fourth-order valence-electron chi connectivity index (χ4n) is 5.60. The summed E-state index contributed by atoms with van der Waals surface area (Å²) >= 11 is 0. The van der Waals surface area contributed by atoms with E-state index in [0.29, 0.717) is 37.7 Å². The maximum Gasteiger partial charge on any atom is 0.142 e. The normalized spacial score (nSPS) is 23.9. The van der Waals surface area contributed by atoms with E-state index in [4.69, 9.17) is 15.7 Å². The van der Waals surface area contributed by atoms with Gasteiger partial charge in [0, 0.05) is 63.1 Å². The zero-order chi connectivity index (χ0) is 25.4. The Balaban J connectivity index is 1.20. The first-order valence-electron chi connectivity index (χ1n) is 13.5. The van der Waals surface area contributed by atoms with Crippen LogP contribution in [0.4, 0.5) is 10.2 Å². The van der Waals surface area contributed by atoms with Crippen LogP contribution < -0.4 is 16.4 Å². The number of rotatable bonds is 7. The average Bonchev–Trinajstić information content (AvgIpc) is 3.67. The van der Waals surface area contributed by atoms with E-state index >= 15 is 4.39 Å². The summed E-state index contributed by atoms with van der Waals surface area (Å²) in [6.07, 6.45) is 15.3. The maximum atomic E-state index is 15.1. The third-order valence-corrected chi connectivity index (χ3v) is 7.77. The molecule has 8 nitrogen and oxygen atoms in total. The van der Waals surface area contributed by atoms with Crippen LogP contribution in [0.2, 0.25) is 0 Å². The highest BCUT2D eigenvalue weighted by Crippen LogP contribution is 2.44. The molecule has 2 atom stereocenters. The second-order valence-electron chi connectivity index (χ2n) is 10.6. The molecule has 2 aliphatic heterocycles. The standard InChI is InChI=1S/C28H35FN8/c1-37-11-7-20(16-37)18-4-5-23(22(29)12-18)34-25-13-19(6-9-32-25)27-35-24-15-31-14-21(17-2-3-17)26(24)28(36-27)33-10-8-30/h5,12,14-19H,2-4,6-11,13,30H2,1H3,(H,32,34)(H,33,35,36). The van der Waals surface area contributed by atoms with Gasteiger partial charge in [0.15, 0.2) is 0 Å². The summed E-state index contributed by atoms with van der Waals surface area (Å²) in [5.41, 5.74) is 9.70. The van der Waals surface area contributed by atoms with Crippen LogP contribution in [0.1, 0.15) is 61.7 Å². The number of nitrogens with zero attached hydrogens (tertiary/aromatic N) is 5. The van der Waals surface area contributed by atoms with Crippen LogP contribution in [0.15, 0.2) is 52.8 Å². The predicted molar refractivity (Wildman–Crippen MR) is 145 cm³/mol. The Morgan fingerprint density at radius 3 is 2.81 bits per heavy atom. The molecule has 4 heterocycles. The molecular formula is C28H35FN8. The smallest absolute Gasteiger partial charge is 0.142 e. The molecule has 0 amide bonds. The Hall–Kier alpha value is -3.33. The van der Waals surface area contributed by atoms with E-state index < -0.39 is 0 Å². The second-order valence-corrected chi connectivity index (χ2v) is 10.6. The molecule has 2 aromatic heterocycles. The lowest BCUT2D eigenvalue weighted by Crippen LogP contribution is -2.30. The molecule has 0 bridgehead atoms. The van der Waals surface area contributed by atoms with E-state index in [2.05, 4.69) is 38.8 Å². The molecule has 4 N–H and O–H groups in total. The number of hydrogen-bond donors (Lipinski definition) is 3. The number of aromatic nitrogens is 3. The number of aliphatic imine (C=N–C) groups is 1. The Bertz CT molecular complexity index is 1310. The molecule has 0 aromatic carbocycles. The van der Waals surface area contributed by atoms with Crippen molar-refractivity contribution in [3.8, 4) is 0 Å². The zero-order valence-electron chi connectivity index (χ0n) is 21.4. The van der Waals surface area contributed by atoms with Gasteiger partial charge in [0.2, 0.25) is 0 Å². The topological polar surface area (TPSA) is 104 Å². The van der Waals surface area contributed by atoms with Gasteiger partial charge in [-0.1, -0.05) is 6.08 Å². The lowest BCUT2D eigenvalue weighted by Gasteiger charge is -2.25. The first-order valence-corrected chi connectivity index (χ1v) is 13.5. The van der Waals surface area contributed by atoms with E-state index in [1.165, 1.54) is 24.0 Å². The van der Waals surface area contributed by atoms with Gasteiger partial charge < -0.3 is 21.3 Å². The monoisotopic (exact) mass is 502 g/mol. The van der Waals surface area contributed by atoms with Gasteiger partial charge in [-0.05, 0) is 61.4 Å². The van der Waals surface area contributed by atoms with Crippen molar-refractivity contribution in [2.45, 2.75) is 50.4 Å². The van der Waals surface area contributed by atoms with Crippen LogP contribution in [0.3, 0.4) is 0 Å². The number of hydrogen-bond acceptors (Lipinski definition) is 8. The van der Waals surface area contributed by atoms with Gasteiger partial charge in [0.1, 0.15) is 23.3 Å². The molecule has 6 rings (SSSR count). The van der Waals surface area contributed by atoms with Crippen LogP contribution in [0.25, 0.3) is 10.9 Å². The number of amidine groups is 1. The lowest BCUT2D eigenvalue weighted by molar-refractivity contribution is 0.495. The number of nitrogens with two attached hydrogens (primary N) is 1. The molecule has 0 radical (unpaired) electrons. The fourth-order valence-corrected chi connectivity index (χ4v) is 5.60. The quantitative estimate of drug-likeness (QED) is 0.523. The average molecular weight is 503 g/mol. The van der Waals surface area contributed by atoms with E-state index in [-0.39, 0.29) is 17.7 Å². The van der Waals surface area contributed by atoms with Gasteiger partial charge in [0.25, 0.3) is 0 Å². The van der Waals surface area contributed by atoms with E-state index in [1.807, 2.05) is 18.5 Å². The summed E-state index contributed by atoms with van der Waals surface area (Å²) in [7, 11) is 2.06. The van der Waals surface area contributed by atoms with Crippen LogP contribution >= 0.6 is 0 Å². The summed E-state index contributed by atoms with van der Waals surface area (Å²) in [6, 6.07) is 0. The number of anilines is 1. The van der Waals surface area contributed by atoms with Crippen molar-refractivity contribution in [3.63, 3.8) is 0 Å². The minimum Gasteiger partial charge on any atom is -0.380 e. The van der Waals surface area contributed by atoms with Gasteiger partial charge in [0.05, 0.1) is 17.4 Å².